The summed E-state index contributed by atoms with van der Waals surface area (Å²) in [5, 5.41) is 0. The summed E-state index contributed by atoms with van der Waals surface area (Å²) >= 11 is 0. The molecule has 1 aliphatic rings. The fourth-order valence-corrected chi connectivity index (χ4v) is 4.37. The molecular weight excluding hydrogens is 288 g/mol. The second-order valence-electron chi connectivity index (χ2n) is 4.91. The van der Waals surface area contributed by atoms with Gasteiger partial charge in [0.15, 0.2) is 0 Å². The van der Waals surface area contributed by atoms with E-state index in [-0.39, 0.29) is 22.6 Å². The van der Waals surface area contributed by atoms with E-state index in [0.717, 1.165) is 12.6 Å². The van der Waals surface area contributed by atoms with Gasteiger partial charge in [-0.1, -0.05) is 24.3 Å². The smallest absolute Gasteiger partial charge is 0.207 e. The lowest BCUT2D eigenvalue weighted by Gasteiger charge is -2.01. The van der Waals surface area contributed by atoms with E-state index in [1.54, 1.807) is 36.4 Å². The van der Waals surface area contributed by atoms with Gasteiger partial charge in [-0.15, -0.1) is 0 Å². The van der Waals surface area contributed by atoms with Crippen LogP contribution in [0, 0.1) is 0 Å². The van der Waals surface area contributed by atoms with E-state index in [0.29, 0.717) is 22.3 Å². The summed E-state index contributed by atoms with van der Waals surface area (Å²) in [7, 11) is -3.58. The topological polar surface area (TPSA) is 68.3 Å². The molecule has 0 amide bonds. The first-order valence-electron chi connectivity index (χ1n) is 6.46. The summed E-state index contributed by atoms with van der Waals surface area (Å²) in [4.78, 5) is 21.6. The van der Waals surface area contributed by atoms with Gasteiger partial charge in [0.2, 0.25) is 9.84 Å². The Balaban J connectivity index is 2.21. The molecule has 0 atom stereocenters. The van der Waals surface area contributed by atoms with Crippen LogP contribution in [-0.4, -0.2) is 21.0 Å². The number of benzene rings is 2. The quantitative estimate of drug-likeness (QED) is 0.691. The molecule has 0 saturated carbocycles. The number of rotatable bonds is 4. The lowest BCUT2D eigenvalue weighted by atomic mass is 10.0. The first-order valence-corrected chi connectivity index (χ1v) is 7.95. The van der Waals surface area contributed by atoms with Crippen LogP contribution >= 0.6 is 0 Å². The zero-order chi connectivity index (χ0) is 15.0. The number of sulfone groups is 1. The first kappa shape index (κ1) is 13.7. The van der Waals surface area contributed by atoms with Crippen molar-refractivity contribution in [2.75, 3.05) is 0 Å². The average molecular weight is 300 g/mol. The number of carbonyl (C=O) groups excluding carboxylic acids is 2. The summed E-state index contributed by atoms with van der Waals surface area (Å²) in [5.41, 5.74) is 2.65. The number of hydrogen-bond acceptors (Lipinski definition) is 4. The third kappa shape index (κ3) is 2.10. The zero-order valence-corrected chi connectivity index (χ0v) is 11.9. The molecule has 0 bridgehead atoms. The summed E-state index contributed by atoms with van der Waals surface area (Å²) in [6, 6.07) is 10.1. The van der Waals surface area contributed by atoms with Gasteiger partial charge in [0.25, 0.3) is 0 Å². The van der Waals surface area contributed by atoms with Crippen molar-refractivity contribution in [2.45, 2.75) is 22.6 Å². The SMILES string of the molecule is O=CCc1ccc2c(c1)S(=O)(=O)c1cc(CC=O)ccc1-2. The van der Waals surface area contributed by atoms with Crippen LogP contribution < -0.4 is 0 Å². The number of aldehydes is 2. The van der Waals surface area contributed by atoms with Crippen molar-refractivity contribution in [3.63, 3.8) is 0 Å². The molecule has 0 fully saturated rings. The minimum atomic E-state index is -3.58. The van der Waals surface area contributed by atoms with Crippen molar-refractivity contribution >= 4 is 22.4 Å². The van der Waals surface area contributed by atoms with Gasteiger partial charge >= 0.3 is 0 Å². The van der Waals surface area contributed by atoms with E-state index in [9.17, 15) is 18.0 Å². The molecule has 21 heavy (non-hydrogen) atoms. The molecule has 0 aromatic heterocycles. The van der Waals surface area contributed by atoms with Crippen molar-refractivity contribution in [1.29, 1.82) is 0 Å². The number of fused-ring (bicyclic) bond motifs is 3. The fraction of sp³-hybridized carbons (Fsp3) is 0.125. The van der Waals surface area contributed by atoms with Crippen molar-refractivity contribution < 1.29 is 18.0 Å². The van der Waals surface area contributed by atoms with Gasteiger partial charge in [0, 0.05) is 24.0 Å². The fourth-order valence-electron chi connectivity index (χ4n) is 2.59. The lowest BCUT2D eigenvalue weighted by Crippen LogP contribution is -1.99. The van der Waals surface area contributed by atoms with Crippen molar-refractivity contribution in [1.82, 2.24) is 0 Å². The molecule has 106 valence electrons. The van der Waals surface area contributed by atoms with Crippen LogP contribution in [0.1, 0.15) is 11.1 Å². The second-order valence-corrected chi connectivity index (χ2v) is 6.79. The van der Waals surface area contributed by atoms with Gasteiger partial charge < -0.3 is 9.59 Å². The third-order valence-corrected chi connectivity index (χ3v) is 5.43. The molecule has 1 aliphatic heterocycles. The normalized spacial score (nSPS) is 14.3. The zero-order valence-electron chi connectivity index (χ0n) is 11.1. The van der Waals surface area contributed by atoms with Crippen molar-refractivity contribution in [3.05, 3.63) is 47.5 Å². The summed E-state index contributed by atoms with van der Waals surface area (Å²) < 4.78 is 25.2. The molecule has 1 heterocycles. The molecule has 2 aromatic rings. The first-order chi connectivity index (χ1) is 10.1. The molecule has 2 aromatic carbocycles. The van der Waals surface area contributed by atoms with Crippen LogP contribution in [0.4, 0.5) is 0 Å². The highest BCUT2D eigenvalue weighted by atomic mass is 32.2. The Kier molecular flexibility index (Phi) is 3.22. The maximum atomic E-state index is 12.6. The minimum Gasteiger partial charge on any atom is -0.303 e. The standard InChI is InChI=1S/C16H12O4S/c17-7-5-11-1-3-13-14-4-2-12(6-8-18)10-16(14)21(19,20)15(13)9-11/h1-4,7-10H,5-6H2. The van der Waals surface area contributed by atoms with E-state index < -0.39 is 9.84 Å². The highest BCUT2D eigenvalue weighted by Gasteiger charge is 2.33. The Labute approximate surface area is 122 Å². The molecule has 0 saturated heterocycles. The van der Waals surface area contributed by atoms with E-state index in [1.165, 1.54) is 0 Å². The predicted octanol–water partition coefficient (Wildman–Crippen LogP) is 1.98. The van der Waals surface area contributed by atoms with Crippen LogP contribution in [-0.2, 0) is 32.3 Å². The van der Waals surface area contributed by atoms with Crippen molar-refractivity contribution in [2.24, 2.45) is 0 Å². The Morgan fingerprint density at radius 3 is 1.57 bits per heavy atom. The maximum absolute atomic E-state index is 12.6. The molecule has 0 aliphatic carbocycles. The third-order valence-electron chi connectivity index (χ3n) is 3.60. The highest BCUT2D eigenvalue weighted by molar-refractivity contribution is 7.92. The van der Waals surface area contributed by atoms with Crippen LogP contribution in [0.15, 0.2) is 46.2 Å². The average Bonchev–Trinajstić information content (AvgIpc) is 2.68. The second kappa shape index (κ2) is 4.93. The van der Waals surface area contributed by atoms with E-state index in [1.807, 2.05) is 0 Å². The lowest BCUT2D eigenvalue weighted by molar-refractivity contribution is -0.108. The Morgan fingerprint density at radius 2 is 1.19 bits per heavy atom. The molecule has 0 N–H and O–H groups in total. The molecule has 0 radical (unpaired) electrons. The molecule has 5 heteroatoms. The van der Waals surface area contributed by atoms with E-state index in [4.69, 9.17) is 0 Å². The van der Waals surface area contributed by atoms with Gasteiger partial charge in [-0.2, -0.15) is 0 Å². The van der Waals surface area contributed by atoms with Crippen LogP contribution in [0.3, 0.4) is 0 Å². The predicted molar refractivity (Wildman–Crippen MR) is 76.9 cm³/mol. The Morgan fingerprint density at radius 1 is 0.762 bits per heavy atom. The summed E-state index contributed by atoms with van der Waals surface area (Å²) in [6.07, 6.45) is 1.88. The van der Waals surface area contributed by atoms with Gasteiger partial charge in [-0.05, 0) is 23.3 Å². The maximum Gasteiger partial charge on any atom is 0.207 e. The van der Waals surface area contributed by atoms with Gasteiger partial charge in [0.05, 0.1) is 9.79 Å². The molecular formula is C16H12O4S. The van der Waals surface area contributed by atoms with E-state index in [2.05, 4.69) is 0 Å². The minimum absolute atomic E-state index is 0.190. The van der Waals surface area contributed by atoms with Gasteiger partial charge in [-0.3, -0.25) is 0 Å². The molecule has 4 nitrogen and oxygen atoms in total. The molecule has 0 unspecified atom stereocenters. The highest BCUT2D eigenvalue weighted by Crippen LogP contribution is 2.43. The van der Waals surface area contributed by atoms with Gasteiger partial charge in [-0.25, -0.2) is 8.42 Å². The van der Waals surface area contributed by atoms with Crippen LogP contribution in [0.2, 0.25) is 0 Å². The van der Waals surface area contributed by atoms with Crippen LogP contribution in [0.25, 0.3) is 11.1 Å². The molecule has 3 rings (SSSR count). The molecule has 0 spiro atoms. The van der Waals surface area contributed by atoms with Gasteiger partial charge in [0.1, 0.15) is 12.6 Å². The van der Waals surface area contributed by atoms with Crippen molar-refractivity contribution in [3.8, 4) is 11.1 Å². The summed E-state index contributed by atoms with van der Waals surface area (Å²) in [6.45, 7) is 0. The summed E-state index contributed by atoms with van der Waals surface area (Å²) in [5.74, 6) is 0. The van der Waals surface area contributed by atoms with Crippen LogP contribution in [0.5, 0.6) is 0 Å². The Hall–Kier alpha value is -2.27. The largest absolute Gasteiger partial charge is 0.303 e. The van der Waals surface area contributed by atoms with E-state index >= 15 is 0 Å². The Bertz CT molecular complexity index is 785. The number of hydrogen-bond donors (Lipinski definition) is 0. The number of carbonyl (C=O) groups is 2. The monoisotopic (exact) mass is 300 g/mol.